The monoisotopic (exact) mass is 254 g/mol. The number of para-hydroxylation sites is 1. The molecular formula is C16H15FN2. The van der Waals surface area contributed by atoms with Crippen molar-refractivity contribution < 1.29 is 4.39 Å². The van der Waals surface area contributed by atoms with Crippen molar-refractivity contribution in [1.29, 1.82) is 0 Å². The van der Waals surface area contributed by atoms with Gasteiger partial charge in [-0.05, 0) is 29.3 Å². The van der Waals surface area contributed by atoms with Crippen molar-refractivity contribution in [3.63, 3.8) is 0 Å². The van der Waals surface area contributed by atoms with Gasteiger partial charge in [0.1, 0.15) is 5.82 Å². The zero-order valence-corrected chi connectivity index (χ0v) is 10.5. The third kappa shape index (κ3) is 2.66. The molecule has 0 aliphatic carbocycles. The second-order valence-electron chi connectivity index (χ2n) is 4.59. The molecule has 2 nitrogen and oxygen atoms in total. The van der Waals surface area contributed by atoms with Gasteiger partial charge >= 0.3 is 0 Å². The van der Waals surface area contributed by atoms with Gasteiger partial charge in [0.2, 0.25) is 0 Å². The van der Waals surface area contributed by atoms with Crippen molar-refractivity contribution in [2.24, 2.45) is 0 Å². The SMILES string of the molecule is Fc1cccc(CNCc2c[nH]c3ccccc23)c1. The maximum atomic E-state index is 13.0. The minimum absolute atomic E-state index is 0.189. The fourth-order valence-corrected chi connectivity index (χ4v) is 2.27. The minimum Gasteiger partial charge on any atom is -0.361 e. The fourth-order valence-electron chi connectivity index (χ4n) is 2.27. The van der Waals surface area contributed by atoms with Crippen LogP contribution in [-0.2, 0) is 13.1 Å². The van der Waals surface area contributed by atoms with E-state index in [1.54, 1.807) is 12.1 Å². The molecule has 0 saturated heterocycles. The predicted octanol–water partition coefficient (Wildman–Crippen LogP) is 3.60. The van der Waals surface area contributed by atoms with Gasteiger partial charge in [0, 0.05) is 30.2 Å². The summed E-state index contributed by atoms with van der Waals surface area (Å²) in [5.41, 5.74) is 3.33. The second-order valence-corrected chi connectivity index (χ2v) is 4.59. The van der Waals surface area contributed by atoms with Gasteiger partial charge in [0.25, 0.3) is 0 Å². The number of fused-ring (bicyclic) bond motifs is 1. The number of halogens is 1. The van der Waals surface area contributed by atoms with E-state index in [0.717, 1.165) is 17.6 Å². The average molecular weight is 254 g/mol. The molecule has 0 aliphatic heterocycles. The van der Waals surface area contributed by atoms with E-state index in [9.17, 15) is 4.39 Å². The van der Waals surface area contributed by atoms with Crippen LogP contribution in [0.2, 0.25) is 0 Å². The molecule has 0 saturated carbocycles. The summed E-state index contributed by atoms with van der Waals surface area (Å²) >= 11 is 0. The molecule has 0 amide bonds. The van der Waals surface area contributed by atoms with E-state index in [2.05, 4.69) is 22.4 Å². The number of aromatic amines is 1. The van der Waals surface area contributed by atoms with Gasteiger partial charge in [0.05, 0.1) is 0 Å². The lowest BCUT2D eigenvalue weighted by Crippen LogP contribution is -2.12. The zero-order chi connectivity index (χ0) is 13.1. The largest absolute Gasteiger partial charge is 0.361 e. The van der Waals surface area contributed by atoms with Gasteiger partial charge < -0.3 is 10.3 Å². The van der Waals surface area contributed by atoms with Gasteiger partial charge in [-0.2, -0.15) is 0 Å². The van der Waals surface area contributed by atoms with E-state index in [0.29, 0.717) is 6.54 Å². The maximum Gasteiger partial charge on any atom is 0.123 e. The Labute approximate surface area is 111 Å². The molecule has 0 atom stereocenters. The number of hydrogen-bond donors (Lipinski definition) is 2. The van der Waals surface area contributed by atoms with E-state index in [-0.39, 0.29) is 5.82 Å². The first kappa shape index (κ1) is 11.9. The standard InChI is InChI=1S/C16H15FN2/c17-14-5-3-4-12(8-14)9-18-10-13-11-19-16-7-2-1-6-15(13)16/h1-8,11,18-19H,9-10H2. The van der Waals surface area contributed by atoms with Crippen molar-refractivity contribution in [1.82, 2.24) is 10.3 Å². The summed E-state index contributed by atoms with van der Waals surface area (Å²) < 4.78 is 13.0. The number of benzene rings is 2. The fraction of sp³-hybridized carbons (Fsp3) is 0.125. The molecule has 1 aromatic heterocycles. The molecule has 2 N–H and O–H groups in total. The molecule has 0 fully saturated rings. The van der Waals surface area contributed by atoms with E-state index in [1.165, 1.54) is 17.0 Å². The van der Waals surface area contributed by atoms with Crippen LogP contribution < -0.4 is 5.32 Å². The lowest BCUT2D eigenvalue weighted by Gasteiger charge is -2.04. The third-order valence-electron chi connectivity index (χ3n) is 3.21. The first-order valence-corrected chi connectivity index (χ1v) is 6.33. The van der Waals surface area contributed by atoms with Crippen molar-refractivity contribution >= 4 is 10.9 Å². The van der Waals surface area contributed by atoms with Gasteiger partial charge in [-0.1, -0.05) is 30.3 Å². The molecule has 0 bridgehead atoms. The Bertz CT molecular complexity index is 688. The van der Waals surface area contributed by atoms with Crippen LogP contribution in [0, 0.1) is 5.82 Å². The molecule has 96 valence electrons. The van der Waals surface area contributed by atoms with Gasteiger partial charge in [-0.25, -0.2) is 4.39 Å². The molecule has 0 radical (unpaired) electrons. The zero-order valence-electron chi connectivity index (χ0n) is 10.5. The van der Waals surface area contributed by atoms with E-state index in [1.807, 2.05) is 24.4 Å². The highest BCUT2D eigenvalue weighted by atomic mass is 19.1. The molecule has 0 spiro atoms. The summed E-state index contributed by atoms with van der Waals surface area (Å²) in [7, 11) is 0. The van der Waals surface area contributed by atoms with Crippen LogP contribution in [0.4, 0.5) is 4.39 Å². The highest BCUT2D eigenvalue weighted by Crippen LogP contribution is 2.17. The molecule has 1 heterocycles. The Balaban J connectivity index is 1.66. The highest BCUT2D eigenvalue weighted by Gasteiger charge is 2.02. The normalized spacial score (nSPS) is 11.0. The first-order chi connectivity index (χ1) is 9.33. The second kappa shape index (κ2) is 5.24. The number of nitrogens with one attached hydrogen (secondary N) is 2. The third-order valence-corrected chi connectivity index (χ3v) is 3.21. The maximum absolute atomic E-state index is 13.0. The summed E-state index contributed by atoms with van der Waals surface area (Å²) in [5, 5.41) is 4.57. The lowest BCUT2D eigenvalue weighted by atomic mass is 10.1. The topological polar surface area (TPSA) is 27.8 Å². The van der Waals surface area contributed by atoms with Crippen LogP contribution in [0.25, 0.3) is 10.9 Å². The van der Waals surface area contributed by atoms with Crippen LogP contribution in [-0.4, -0.2) is 4.98 Å². The number of H-pyrrole nitrogens is 1. The van der Waals surface area contributed by atoms with E-state index in [4.69, 9.17) is 0 Å². The minimum atomic E-state index is -0.189. The average Bonchev–Trinajstić information content (AvgIpc) is 2.83. The van der Waals surface area contributed by atoms with Crippen LogP contribution >= 0.6 is 0 Å². The first-order valence-electron chi connectivity index (χ1n) is 6.33. The number of aromatic nitrogens is 1. The summed E-state index contributed by atoms with van der Waals surface area (Å²) in [5.74, 6) is -0.189. The molecule has 3 rings (SSSR count). The van der Waals surface area contributed by atoms with Crippen LogP contribution in [0.15, 0.2) is 54.7 Å². The van der Waals surface area contributed by atoms with E-state index >= 15 is 0 Å². The van der Waals surface area contributed by atoms with Crippen molar-refractivity contribution in [2.75, 3.05) is 0 Å². The quantitative estimate of drug-likeness (QED) is 0.731. The van der Waals surface area contributed by atoms with Crippen LogP contribution in [0.5, 0.6) is 0 Å². The summed E-state index contributed by atoms with van der Waals surface area (Å²) in [6, 6.07) is 14.9. The molecule has 2 aromatic carbocycles. The molecule has 0 unspecified atom stereocenters. The summed E-state index contributed by atoms with van der Waals surface area (Å²) in [6.07, 6.45) is 2.02. The predicted molar refractivity (Wildman–Crippen MR) is 75.2 cm³/mol. The number of hydrogen-bond acceptors (Lipinski definition) is 1. The summed E-state index contributed by atoms with van der Waals surface area (Å²) in [6.45, 7) is 1.43. The van der Waals surface area contributed by atoms with Crippen molar-refractivity contribution in [3.05, 3.63) is 71.7 Å². The molecule has 0 aliphatic rings. The van der Waals surface area contributed by atoms with Gasteiger partial charge in [0.15, 0.2) is 0 Å². The van der Waals surface area contributed by atoms with Crippen molar-refractivity contribution in [3.8, 4) is 0 Å². The van der Waals surface area contributed by atoms with E-state index < -0.39 is 0 Å². The Morgan fingerprint density at radius 1 is 1.00 bits per heavy atom. The Hall–Kier alpha value is -2.13. The molecule has 3 aromatic rings. The Kier molecular flexibility index (Phi) is 3.29. The Morgan fingerprint density at radius 3 is 2.79 bits per heavy atom. The summed E-state index contributed by atoms with van der Waals surface area (Å²) in [4.78, 5) is 3.25. The smallest absolute Gasteiger partial charge is 0.123 e. The van der Waals surface area contributed by atoms with Crippen molar-refractivity contribution in [2.45, 2.75) is 13.1 Å². The van der Waals surface area contributed by atoms with Crippen LogP contribution in [0.1, 0.15) is 11.1 Å². The number of rotatable bonds is 4. The van der Waals surface area contributed by atoms with Gasteiger partial charge in [-0.15, -0.1) is 0 Å². The molecule has 3 heteroatoms. The Morgan fingerprint density at radius 2 is 1.89 bits per heavy atom. The highest BCUT2D eigenvalue weighted by molar-refractivity contribution is 5.82. The molecule has 19 heavy (non-hydrogen) atoms. The van der Waals surface area contributed by atoms with Gasteiger partial charge in [-0.3, -0.25) is 0 Å². The molecular weight excluding hydrogens is 239 g/mol. The van der Waals surface area contributed by atoms with Crippen LogP contribution in [0.3, 0.4) is 0 Å². The lowest BCUT2D eigenvalue weighted by molar-refractivity contribution is 0.620.